The maximum absolute atomic E-state index is 12.3. The van der Waals surface area contributed by atoms with Crippen LogP contribution in [0.2, 0.25) is 0 Å². The lowest BCUT2D eigenvalue weighted by Crippen LogP contribution is -2.40. The van der Waals surface area contributed by atoms with E-state index >= 15 is 0 Å². The molecule has 0 radical (unpaired) electrons. The summed E-state index contributed by atoms with van der Waals surface area (Å²) in [5.41, 5.74) is -1.16. The maximum atomic E-state index is 12.3. The Balaban J connectivity index is 2.76. The number of carboxylic acids is 1. The second-order valence-corrected chi connectivity index (χ2v) is 4.32. The molecular formula is C12H13F3N2O3. The summed E-state index contributed by atoms with van der Waals surface area (Å²) in [6.45, 7) is 2.90. The van der Waals surface area contributed by atoms with Crippen molar-refractivity contribution in [2.75, 3.05) is 0 Å². The van der Waals surface area contributed by atoms with Crippen molar-refractivity contribution in [3.05, 3.63) is 29.6 Å². The van der Waals surface area contributed by atoms with E-state index in [1.807, 2.05) is 0 Å². The molecule has 2 N–H and O–H groups in total. The highest BCUT2D eigenvalue weighted by Crippen LogP contribution is 2.28. The Morgan fingerprint density at radius 2 is 1.90 bits per heavy atom. The SMILES string of the molecule is CC(NC(=O)c1ccc(C(F)(F)F)cn1)C(C)C(=O)O. The first kappa shape index (κ1) is 15.9. The number of nitrogens with zero attached hydrogens (tertiary/aromatic N) is 1. The van der Waals surface area contributed by atoms with E-state index in [2.05, 4.69) is 10.3 Å². The van der Waals surface area contributed by atoms with Gasteiger partial charge >= 0.3 is 12.1 Å². The number of rotatable bonds is 4. The van der Waals surface area contributed by atoms with Gasteiger partial charge in [-0.2, -0.15) is 13.2 Å². The summed E-state index contributed by atoms with van der Waals surface area (Å²) in [7, 11) is 0. The summed E-state index contributed by atoms with van der Waals surface area (Å²) >= 11 is 0. The van der Waals surface area contributed by atoms with Gasteiger partial charge in [0.1, 0.15) is 5.69 Å². The zero-order chi connectivity index (χ0) is 15.5. The highest BCUT2D eigenvalue weighted by atomic mass is 19.4. The monoisotopic (exact) mass is 290 g/mol. The average molecular weight is 290 g/mol. The molecule has 0 bridgehead atoms. The second-order valence-electron chi connectivity index (χ2n) is 4.32. The normalized spacial score (nSPS) is 14.4. The highest BCUT2D eigenvalue weighted by molar-refractivity contribution is 5.92. The van der Waals surface area contributed by atoms with E-state index in [4.69, 9.17) is 5.11 Å². The van der Waals surface area contributed by atoms with Crippen LogP contribution in [0.1, 0.15) is 29.9 Å². The van der Waals surface area contributed by atoms with E-state index in [0.717, 1.165) is 12.1 Å². The van der Waals surface area contributed by atoms with Crippen molar-refractivity contribution in [2.45, 2.75) is 26.1 Å². The van der Waals surface area contributed by atoms with Crippen molar-refractivity contribution >= 4 is 11.9 Å². The molecule has 1 rings (SSSR count). The number of nitrogens with one attached hydrogen (secondary N) is 1. The van der Waals surface area contributed by atoms with E-state index < -0.39 is 35.6 Å². The average Bonchev–Trinajstić information content (AvgIpc) is 2.36. The van der Waals surface area contributed by atoms with E-state index in [1.54, 1.807) is 0 Å². The zero-order valence-electron chi connectivity index (χ0n) is 10.7. The van der Waals surface area contributed by atoms with Gasteiger partial charge in [0.05, 0.1) is 11.5 Å². The first-order valence-electron chi connectivity index (χ1n) is 5.70. The minimum atomic E-state index is -4.52. The fraction of sp³-hybridized carbons (Fsp3) is 0.417. The molecule has 0 saturated carbocycles. The van der Waals surface area contributed by atoms with Crippen molar-refractivity contribution in [3.8, 4) is 0 Å². The molecule has 8 heteroatoms. The fourth-order valence-electron chi connectivity index (χ4n) is 1.32. The summed E-state index contributed by atoms with van der Waals surface area (Å²) < 4.78 is 37.0. The lowest BCUT2D eigenvalue weighted by atomic mass is 10.0. The predicted octanol–water partition coefficient (Wildman–Crippen LogP) is 1.94. The van der Waals surface area contributed by atoms with Gasteiger partial charge in [0, 0.05) is 12.2 Å². The number of carbonyl (C=O) groups is 2. The van der Waals surface area contributed by atoms with Gasteiger partial charge in [0.15, 0.2) is 0 Å². The number of carbonyl (C=O) groups excluding carboxylic acids is 1. The Bertz CT molecular complexity index is 500. The summed E-state index contributed by atoms with van der Waals surface area (Å²) in [5.74, 6) is -2.63. The number of pyridine rings is 1. The number of hydrogen-bond acceptors (Lipinski definition) is 3. The van der Waals surface area contributed by atoms with Gasteiger partial charge in [-0.05, 0) is 26.0 Å². The number of halogens is 3. The minimum Gasteiger partial charge on any atom is -0.481 e. The number of aromatic nitrogens is 1. The van der Waals surface area contributed by atoms with E-state index in [0.29, 0.717) is 6.20 Å². The smallest absolute Gasteiger partial charge is 0.417 e. The molecule has 0 saturated heterocycles. The first-order valence-corrected chi connectivity index (χ1v) is 5.70. The Morgan fingerprint density at radius 3 is 2.30 bits per heavy atom. The topological polar surface area (TPSA) is 79.3 Å². The fourth-order valence-corrected chi connectivity index (χ4v) is 1.32. The van der Waals surface area contributed by atoms with Crippen molar-refractivity contribution in [1.29, 1.82) is 0 Å². The lowest BCUT2D eigenvalue weighted by Gasteiger charge is -2.17. The van der Waals surface area contributed by atoms with Crippen LogP contribution in [0.3, 0.4) is 0 Å². The van der Waals surface area contributed by atoms with Crippen LogP contribution in [-0.4, -0.2) is 28.0 Å². The third kappa shape index (κ3) is 3.94. The Kier molecular flexibility index (Phi) is 4.69. The minimum absolute atomic E-state index is 0.206. The molecule has 0 aliphatic heterocycles. The third-order valence-electron chi connectivity index (χ3n) is 2.82. The molecule has 1 heterocycles. The van der Waals surface area contributed by atoms with Crippen molar-refractivity contribution < 1.29 is 27.9 Å². The van der Waals surface area contributed by atoms with Crippen molar-refractivity contribution in [2.24, 2.45) is 5.92 Å². The predicted molar refractivity (Wildman–Crippen MR) is 63.0 cm³/mol. The van der Waals surface area contributed by atoms with Crippen LogP contribution in [0.4, 0.5) is 13.2 Å². The molecule has 0 aromatic carbocycles. The molecule has 1 aromatic heterocycles. The van der Waals surface area contributed by atoms with Crippen LogP contribution < -0.4 is 5.32 Å². The van der Waals surface area contributed by atoms with Crippen LogP contribution >= 0.6 is 0 Å². The highest BCUT2D eigenvalue weighted by Gasteiger charge is 2.31. The van der Waals surface area contributed by atoms with Crippen LogP contribution in [0, 0.1) is 5.92 Å². The molecule has 0 spiro atoms. The zero-order valence-corrected chi connectivity index (χ0v) is 10.7. The number of hydrogen-bond donors (Lipinski definition) is 2. The molecule has 5 nitrogen and oxygen atoms in total. The molecule has 20 heavy (non-hydrogen) atoms. The molecule has 1 aromatic rings. The number of carboxylic acid groups (broad SMARTS) is 1. The molecule has 0 aliphatic carbocycles. The summed E-state index contributed by atoms with van der Waals surface area (Å²) in [6.07, 6.45) is -3.96. The van der Waals surface area contributed by atoms with Crippen molar-refractivity contribution in [1.82, 2.24) is 10.3 Å². The van der Waals surface area contributed by atoms with E-state index in [1.165, 1.54) is 13.8 Å². The first-order chi connectivity index (χ1) is 9.12. The van der Waals surface area contributed by atoms with Gasteiger partial charge < -0.3 is 10.4 Å². The van der Waals surface area contributed by atoms with Crippen LogP contribution in [0.5, 0.6) is 0 Å². The maximum Gasteiger partial charge on any atom is 0.417 e. The van der Waals surface area contributed by atoms with Gasteiger partial charge in [-0.25, -0.2) is 0 Å². The van der Waals surface area contributed by atoms with E-state index in [-0.39, 0.29) is 5.69 Å². The number of aliphatic carboxylic acids is 1. The van der Waals surface area contributed by atoms with Gasteiger partial charge in [-0.3, -0.25) is 14.6 Å². The number of alkyl halides is 3. The van der Waals surface area contributed by atoms with Crippen LogP contribution in [0.25, 0.3) is 0 Å². The molecule has 2 unspecified atom stereocenters. The van der Waals surface area contributed by atoms with E-state index in [9.17, 15) is 22.8 Å². The molecular weight excluding hydrogens is 277 g/mol. The van der Waals surface area contributed by atoms with Crippen LogP contribution in [0.15, 0.2) is 18.3 Å². The quantitative estimate of drug-likeness (QED) is 0.888. The molecule has 110 valence electrons. The number of amides is 1. The summed E-state index contributed by atoms with van der Waals surface area (Å²) in [4.78, 5) is 25.8. The molecule has 1 amide bonds. The van der Waals surface area contributed by atoms with Crippen molar-refractivity contribution in [3.63, 3.8) is 0 Å². The summed E-state index contributed by atoms with van der Waals surface area (Å²) in [6, 6.07) is 1.01. The standard InChI is InChI=1S/C12H13F3N2O3/c1-6(11(19)20)7(2)17-10(18)9-4-3-8(5-16-9)12(13,14)15/h3-7H,1-2H3,(H,17,18)(H,19,20). The Morgan fingerprint density at radius 1 is 1.30 bits per heavy atom. The largest absolute Gasteiger partial charge is 0.481 e. The Hall–Kier alpha value is -2.12. The second kappa shape index (κ2) is 5.89. The molecule has 2 atom stereocenters. The van der Waals surface area contributed by atoms with Crippen LogP contribution in [-0.2, 0) is 11.0 Å². The Labute approximate surface area is 112 Å². The lowest BCUT2D eigenvalue weighted by molar-refractivity contribution is -0.142. The summed E-state index contributed by atoms with van der Waals surface area (Å²) in [5, 5.41) is 11.1. The van der Waals surface area contributed by atoms with Gasteiger partial charge in [0.2, 0.25) is 0 Å². The third-order valence-corrected chi connectivity index (χ3v) is 2.82. The van der Waals surface area contributed by atoms with Gasteiger partial charge in [-0.15, -0.1) is 0 Å². The van der Waals surface area contributed by atoms with Gasteiger partial charge in [0.25, 0.3) is 5.91 Å². The van der Waals surface area contributed by atoms with Gasteiger partial charge in [-0.1, -0.05) is 0 Å². The molecule has 0 aliphatic rings. The molecule has 0 fully saturated rings.